The van der Waals surface area contributed by atoms with Gasteiger partial charge in [-0.05, 0) is 27.2 Å². The number of rotatable bonds is 2. The number of nitrogens with zero attached hydrogens (tertiary/aromatic N) is 1. The van der Waals surface area contributed by atoms with Crippen LogP contribution < -0.4 is 0 Å². The van der Waals surface area contributed by atoms with Gasteiger partial charge in [-0.3, -0.25) is 0 Å². The zero-order chi connectivity index (χ0) is 9.19. The summed E-state index contributed by atoms with van der Waals surface area (Å²) in [4.78, 5) is 14.0. The lowest BCUT2D eigenvalue weighted by Crippen LogP contribution is -2.33. The third kappa shape index (κ3) is 1.74. The first kappa shape index (κ1) is 9.43. The zero-order valence-corrected chi connectivity index (χ0v) is 7.83. The summed E-state index contributed by atoms with van der Waals surface area (Å²) in [7, 11) is 0. The number of carbonyl (C=O) groups excluding carboxylic acids is 1. The van der Waals surface area contributed by atoms with E-state index >= 15 is 0 Å². The van der Waals surface area contributed by atoms with Gasteiger partial charge in [-0.2, -0.15) is 4.99 Å². The van der Waals surface area contributed by atoms with Gasteiger partial charge >= 0.3 is 0 Å². The highest BCUT2D eigenvalue weighted by Crippen LogP contribution is 2.33. The second-order valence-corrected chi connectivity index (χ2v) is 3.83. The molecule has 0 saturated carbocycles. The Morgan fingerprint density at radius 1 is 1.58 bits per heavy atom. The van der Waals surface area contributed by atoms with Crippen LogP contribution in [0.5, 0.6) is 0 Å². The Bertz CT molecular complexity index is 207. The summed E-state index contributed by atoms with van der Waals surface area (Å²) in [5.74, 6) is 0.346. The molecular formula is C9H15NO2. The third-order valence-corrected chi connectivity index (χ3v) is 2.62. The van der Waals surface area contributed by atoms with Gasteiger partial charge < -0.3 is 4.74 Å². The van der Waals surface area contributed by atoms with Crippen molar-refractivity contribution in [1.29, 1.82) is 0 Å². The molecule has 2 atom stereocenters. The van der Waals surface area contributed by atoms with Gasteiger partial charge in [0.1, 0.15) is 0 Å². The first-order valence-electron chi connectivity index (χ1n) is 4.28. The summed E-state index contributed by atoms with van der Waals surface area (Å²) in [6, 6.07) is 0. The van der Waals surface area contributed by atoms with E-state index in [1.54, 1.807) is 6.08 Å². The number of hydrogen-bond donors (Lipinski definition) is 0. The predicted octanol–water partition coefficient (Wildman–Crippen LogP) is 1.53. The highest BCUT2D eigenvalue weighted by Gasteiger charge is 2.37. The molecular weight excluding hydrogens is 154 g/mol. The lowest BCUT2D eigenvalue weighted by atomic mass is 9.83. The van der Waals surface area contributed by atoms with Crippen LogP contribution in [0.15, 0.2) is 4.99 Å². The molecule has 0 spiro atoms. The predicted molar refractivity (Wildman–Crippen MR) is 45.7 cm³/mol. The molecule has 12 heavy (non-hydrogen) atoms. The molecule has 1 heterocycles. The molecule has 2 unspecified atom stereocenters. The van der Waals surface area contributed by atoms with Crippen molar-refractivity contribution in [2.45, 2.75) is 38.8 Å². The van der Waals surface area contributed by atoms with Crippen molar-refractivity contribution in [1.82, 2.24) is 0 Å². The molecule has 1 saturated heterocycles. The fourth-order valence-electron chi connectivity index (χ4n) is 1.86. The molecule has 1 rings (SSSR count). The Kier molecular flexibility index (Phi) is 2.65. The van der Waals surface area contributed by atoms with E-state index in [1.807, 2.05) is 20.8 Å². The van der Waals surface area contributed by atoms with Crippen LogP contribution in [0.2, 0.25) is 0 Å². The molecule has 0 aliphatic carbocycles. The van der Waals surface area contributed by atoms with Gasteiger partial charge in [0, 0.05) is 12.5 Å². The Balaban J connectivity index is 2.73. The summed E-state index contributed by atoms with van der Waals surface area (Å²) in [6.45, 7) is 6.71. The Labute approximate surface area is 72.8 Å². The van der Waals surface area contributed by atoms with Crippen LogP contribution in [0.25, 0.3) is 0 Å². The Morgan fingerprint density at radius 2 is 2.25 bits per heavy atom. The van der Waals surface area contributed by atoms with Gasteiger partial charge in [-0.25, -0.2) is 4.79 Å². The average Bonchev–Trinajstić information content (AvgIpc) is 2.35. The summed E-state index contributed by atoms with van der Waals surface area (Å²) in [5.41, 5.74) is -0.322. The molecule has 1 fully saturated rings. The SMILES string of the molecule is CC1OCCC1C(C)(C)N=C=O. The van der Waals surface area contributed by atoms with Gasteiger partial charge in [0.25, 0.3) is 0 Å². The Morgan fingerprint density at radius 3 is 2.67 bits per heavy atom. The smallest absolute Gasteiger partial charge is 0.235 e. The van der Waals surface area contributed by atoms with Crippen molar-refractivity contribution in [3.05, 3.63) is 0 Å². The molecule has 0 N–H and O–H groups in total. The number of aliphatic imine (C=N–C) groups is 1. The first-order chi connectivity index (χ1) is 5.58. The van der Waals surface area contributed by atoms with Crippen LogP contribution in [-0.4, -0.2) is 24.3 Å². The van der Waals surface area contributed by atoms with E-state index in [4.69, 9.17) is 4.74 Å². The second kappa shape index (κ2) is 3.38. The minimum atomic E-state index is -0.322. The molecule has 68 valence electrons. The van der Waals surface area contributed by atoms with E-state index in [1.165, 1.54) is 0 Å². The molecule has 1 aliphatic heterocycles. The molecule has 0 radical (unpaired) electrons. The fourth-order valence-corrected chi connectivity index (χ4v) is 1.86. The van der Waals surface area contributed by atoms with Crippen LogP contribution in [0.3, 0.4) is 0 Å². The highest BCUT2D eigenvalue weighted by molar-refractivity contribution is 5.34. The van der Waals surface area contributed by atoms with Crippen molar-refractivity contribution >= 4 is 6.08 Å². The maximum absolute atomic E-state index is 10.2. The molecule has 0 aromatic rings. The Hall–Kier alpha value is -0.660. The highest BCUT2D eigenvalue weighted by atomic mass is 16.5. The van der Waals surface area contributed by atoms with Crippen molar-refractivity contribution in [2.75, 3.05) is 6.61 Å². The summed E-state index contributed by atoms with van der Waals surface area (Å²) < 4.78 is 5.41. The van der Waals surface area contributed by atoms with Crippen molar-refractivity contribution in [3.8, 4) is 0 Å². The third-order valence-electron chi connectivity index (χ3n) is 2.62. The van der Waals surface area contributed by atoms with Crippen molar-refractivity contribution < 1.29 is 9.53 Å². The minimum Gasteiger partial charge on any atom is -0.378 e. The van der Waals surface area contributed by atoms with Gasteiger partial charge in [0.05, 0.1) is 11.6 Å². The van der Waals surface area contributed by atoms with Crippen molar-refractivity contribution in [2.24, 2.45) is 10.9 Å². The minimum absolute atomic E-state index is 0.206. The standard InChI is InChI=1S/C9H15NO2/c1-7-8(4-5-12-7)9(2,3)10-6-11/h7-8H,4-5H2,1-3H3. The van der Waals surface area contributed by atoms with Gasteiger partial charge in [0.15, 0.2) is 0 Å². The quantitative estimate of drug-likeness (QED) is 0.464. The van der Waals surface area contributed by atoms with Crippen LogP contribution in [0.1, 0.15) is 27.2 Å². The number of isocyanates is 1. The molecule has 3 heteroatoms. The first-order valence-corrected chi connectivity index (χ1v) is 4.28. The zero-order valence-electron chi connectivity index (χ0n) is 7.83. The van der Waals surface area contributed by atoms with Gasteiger partial charge in [-0.1, -0.05) is 0 Å². The van der Waals surface area contributed by atoms with E-state index in [-0.39, 0.29) is 11.6 Å². The fraction of sp³-hybridized carbons (Fsp3) is 0.889. The lowest BCUT2D eigenvalue weighted by Gasteiger charge is -2.27. The topological polar surface area (TPSA) is 38.7 Å². The molecule has 1 aliphatic rings. The molecule has 0 amide bonds. The van der Waals surface area contributed by atoms with Crippen LogP contribution in [0, 0.1) is 5.92 Å². The maximum Gasteiger partial charge on any atom is 0.235 e. The normalized spacial score (nSPS) is 29.9. The van der Waals surface area contributed by atoms with Crippen LogP contribution in [0.4, 0.5) is 0 Å². The van der Waals surface area contributed by atoms with Crippen LogP contribution in [-0.2, 0) is 9.53 Å². The largest absolute Gasteiger partial charge is 0.378 e. The molecule has 0 bridgehead atoms. The lowest BCUT2D eigenvalue weighted by molar-refractivity contribution is 0.0890. The van der Waals surface area contributed by atoms with E-state index in [9.17, 15) is 4.79 Å². The van der Waals surface area contributed by atoms with Gasteiger partial charge in [0.2, 0.25) is 6.08 Å². The van der Waals surface area contributed by atoms with Gasteiger partial charge in [-0.15, -0.1) is 0 Å². The summed E-state index contributed by atoms with van der Waals surface area (Å²) >= 11 is 0. The second-order valence-electron chi connectivity index (χ2n) is 3.83. The molecule has 0 aromatic carbocycles. The maximum atomic E-state index is 10.2. The van der Waals surface area contributed by atoms with E-state index in [2.05, 4.69) is 4.99 Å². The molecule has 3 nitrogen and oxygen atoms in total. The molecule has 0 aromatic heterocycles. The number of ether oxygens (including phenoxy) is 1. The monoisotopic (exact) mass is 169 g/mol. The van der Waals surface area contributed by atoms with Crippen LogP contribution >= 0.6 is 0 Å². The van der Waals surface area contributed by atoms with E-state index in [0.29, 0.717) is 5.92 Å². The summed E-state index contributed by atoms with van der Waals surface area (Å²) in [6.07, 6.45) is 2.82. The number of hydrogen-bond acceptors (Lipinski definition) is 3. The van der Waals surface area contributed by atoms with E-state index < -0.39 is 0 Å². The summed E-state index contributed by atoms with van der Waals surface area (Å²) in [5, 5.41) is 0. The average molecular weight is 169 g/mol. The van der Waals surface area contributed by atoms with Crippen molar-refractivity contribution in [3.63, 3.8) is 0 Å². The van der Waals surface area contributed by atoms with E-state index in [0.717, 1.165) is 13.0 Å².